The molecule has 1 aromatic rings. The van der Waals surface area contributed by atoms with Crippen LogP contribution in [0.3, 0.4) is 0 Å². The van der Waals surface area contributed by atoms with Crippen LogP contribution in [0.5, 0.6) is 0 Å². The van der Waals surface area contributed by atoms with E-state index in [1.54, 1.807) is 0 Å². The van der Waals surface area contributed by atoms with Crippen molar-refractivity contribution in [2.75, 3.05) is 25.4 Å². The third-order valence-corrected chi connectivity index (χ3v) is 4.36. The molecule has 0 unspecified atom stereocenters. The maximum Gasteiger partial charge on any atom is 0.162 e. The standard InChI is InChI=1S/C15H21NOS/c1-2-15(17)13-5-7-14(8-6-13)18-12-11-16-9-3-4-10-16/h5-8H,2-4,9-12H2,1H3. The van der Waals surface area contributed by atoms with Crippen LogP contribution in [-0.2, 0) is 0 Å². The molecule has 1 aliphatic rings. The second-order valence-electron chi connectivity index (χ2n) is 4.70. The summed E-state index contributed by atoms with van der Waals surface area (Å²) in [6, 6.07) is 8.03. The van der Waals surface area contributed by atoms with Gasteiger partial charge in [-0.25, -0.2) is 0 Å². The van der Waals surface area contributed by atoms with E-state index in [0.717, 1.165) is 11.3 Å². The van der Waals surface area contributed by atoms with E-state index in [4.69, 9.17) is 0 Å². The first-order chi connectivity index (χ1) is 8.79. The molecule has 0 radical (unpaired) electrons. The minimum Gasteiger partial charge on any atom is -0.303 e. The molecule has 0 saturated carbocycles. The molecule has 1 fully saturated rings. The molecule has 0 spiro atoms. The maximum absolute atomic E-state index is 11.5. The third kappa shape index (κ3) is 3.85. The number of carbonyl (C=O) groups excluding carboxylic acids is 1. The van der Waals surface area contributed by atoms with Crippen molar-refractivity contribution in [1.29, 1.82) is 0 Å². The van der Waals surface area contributed by atoms with Gasteiger partial charge in [-0.05, 0) is 38.1 Å². The number of rotatable bonds is 6. The van der Waals surface area contributed by atoms with Crippen LogP contribution < -0.4 is 0 Å². The van der Waals surface area contributed by atoms with Gasteiger partial charge in [0.15, 0.2) is 5.78 Å². The Hall–Kier alpha value is -0.800. The molecule has 1 heterocycles. The Morgan fingerprint density at radius 3 is 2.50 bits per heavy atom. The topological polar surface area (TPSA) is 20.3 Å². The monoisotopic (exact) mass is 263 g/mol. The summed E-state index contributed by atoms with van der Waals surface area (Å²) in [5, 5.41) is 0. The fourth-order valence-corrected chi connectivity index (χ4v) is 3.15. The molecule has 1 aromatic carbocycles. The summed E-state index contributed by atoms with van der Waals surface area (Å²) in [5.41, 5.74) is 0.835. The third-order valence-electron chi connectivity index (χ3n) is 3.37. The van der Waals surface area contributed by atoms with E-state index in [-0.39, 0.29) is 5.78 Å². The molecule has 0 aliphatic carbocycles. The number of hydrogen-bond acceptors (Lipinski definition) is 3. The largest absolute Gasteiger partial charge is 0.303 e. The molecular weight excluding hydrogens is 242 g/mol. The van der Waals surface area contributed by atoms with E-state index < -0.39 is 0 Å². The highest BCUT2D eigenvalue weighted by Crippen LogP contribution is 2.19. The van der Waals surface area contributed by atoms with Gasteiger partial charge < -0.3 is 4.90 Å². The Labute approximate surface area is 114 Å². The molecule has 3 heteroatoms. The van der Waals surface area contributed by atoms with E-state index in [9.17, 15) is 4.79 Å². The summed E-state index contributed by atoms with van der Waals surface area (Å²) in [5.74, 6) is 1.37. The number of nitrogens with zero attached hydrogens (tertiary/aromatic N) is 1. The number of benzene rings is 1. The van der Waals surface area contributed by atoms with Gasteiger partial charge in [-0.15, -0.1) is 11.8 Å². The van der Waals surface area contributed by atoms with Crippen molar-refractivity contribution >= 4 is 17.5 Å². The van der Waals surface area contributed by atoms with Crippen molar-refractivity contribution in [3.63, 3.8) is 0 Å². The normalized spacial score (nSPS) is 16.1. The van der Waals surface area contributed by atoms with Gasteiger partial charge in [-0.2, -0.15) is 0 Å². The number of ketones is 1. The average molecular weight is 263 g/mol. The fraction of sp³-hybridized carbons (Fsp3) is 0.533. The zero-order valence-corrected chi connectivity index (χ0v) is 11.8. The predicted molar refractivity (Wildman–Crippen MR) is 77.5 cm³/mol. The second kappa shape index (κ2) is 6.95. The Kier molecular flexibility index (Phi) is 5.26. The van der Waals surface area contributed by atoms with Crippen LogP contribution in [0.4, 0.5) is 0 Å². The van der Waals surface area contributed by atoms with Crippen molar-refractivity contribution in [1.82, 2.24) is 4.90 Å². The Balaban J connectivity index is 1.77. The van der Waals surface area contributed by atoms with Gasteiger partial charge in [-0.1, -0.05) is 19.1 Å². The van der Waals surface area contributed by atoms with Gasteiger partial charge in [0, 0.05) is 29.2 Å². The molecule has 0 aromatic heterocycles. The summed E-state index contributed by atoms with van der Waals surface area (Å²) in [6.07, 6.45) is 3.30. The lowest BCUT2D eigenvalue weighted by atomic mass is 10.1. The van der Waals surface area contributed by atoms with E-state index in [1.807, 2.05) is 30.8 Å². The molecule has 1 saturated heterocycles. The molecule has 1 aliphatic heterocycles. The van der Waals surface area contributed by atoms with Gasteiger partial charge in [0.25, 0.3) is 0 Å². The highest BCUT2D eigenvalue weighted by Gasteiger charge is 2.10. The van der Waals surface area contributed by atoms with Crippen LogP contribution in [0.15, 0.2) is 29.2 Å². The van der Waals surface area contributed by atoms with Crippen LogP contribution in [0.1, 0.15) is 36.5 Å². The molecule has 0 bridgehead atoms. The van der Waals surface area contributed by atoms with Crippen LogP contribution in [-0.4, -0.2) is 36.1 Å². The van der Waals surface area contributed by atoms with E-state index in [2.05, 4.69) is 17.0 Å². The van der Waals surface area contributed by atoms with Crippen molar-refractivity contribution in [3.05, 3.63) is 29.8 Å². The summed E-state index contributed by atoms with van der Waals surface area (Å²) in [6.45, 7) is 5.62. The summed E-state index contributed by atoms with van der Waals surface area (Å²) >= 11 is 1.88. The first-order valence-corrected chi connectivity index (χ1v) is 7.76. The Morgan fingerprint density at radius 1 is 1.22 bits per heavy atom. The highest BCUT2D eigenvalue weighted by molar-refractivity contribution is 7.99. The van der Waals surface area contributed by atoms with Gasteiger partial charge >= 0.3 is 0 Å². The summed E-state index contributed by atoms with van der Waals surface area (Å²) in [4.78, 5) is 15.3. The van der Waals surface area contributed by atoms with Crippen molar-refractivity contribution < 1.29 is 4.79 Å². The second-order valence-corrected chi connectivity index (χ2v) is 5.87. The predicted octanol–water partition coefficient (Wildman–Crippen LogP) is 3.47. The lowest BCUT2D eigenvalue weighted by Crippen LogP contribution is -2.21. The number of Topliss-reactive ketones (excluding diaryl/α,β-unsaturated/α-hetero) is 1. The van der Waals surface area contributed by atoms with Gasteiger partial charge in [0.05, 0.1) is 0 Å². The molecular formula is C15H21NOS. The smallest absolute Gasteiger partial charge is 0.162 e. The first kappa shape index (κ1) is 13.6. The zero-order valence-electron chi connectivity index (χ0n) is 11.0. The molecule has 0 N–H and O–H groups in total. The van der Waals surface area contributed by atoms with Gasteiger partial charge in [0.2, 0.25) is 0 Å². The van der Waals surface area contributed by atoms with Crippen molar-refractivity contribution in [2.45, 2.75) is 31.1 Å². The van der Waals surface area contributed by atoms with Crippen LogP contribution >= 0.6 is 11.8 Å². The Morgan fingerprint density at radius 2 is 1.89 bits per heavy atom. The number of likely N-dealkylation sites (tertiary alicyclic amines) is 1. The number of carbonyl (C=O) groups is 1. The maximum atomic E-state index is 11.5. The average Bonchev–Trinajstić information content (AvgIpc) is 2.92. The molecule has 2 nitrogen and oxygen atoms in total. The quantitative estimate of drug-likeness (QED) is 0.579. The van der Waals surface area contributed by atoms with E-state index in [1.165, 1.54) is 37.4 Å². The van der Waals surface area contributed by atoms with Crippen molar-refractivity contribution in [2.24, 2.45) is 0 Å². The van der Waals surface area contributed by atoms with Crippen molar-refractivity contribution in [3.8, 4) is 0 Å². The molecule has 98 valence electrons. The number of thioether (sulfide) groups is 1. The lowest BCUT2D eigenvalue weighted by Gasteiger charge is -2.13. The number of hydrogen-bond donors (Lipinski definition) is 0. The zero-order chi connectivity index (χ0) is 12.8. The van der Waals surface area contributed by atoms with E-state index >= 15 is 0 Å². The van der Waals surface area contributed by atoms with Gasteiger partial charge in [0.1, 0.15) is 0 Å². The SMILES string of the molecule is CCC(=O)c1ccc(SCCN2CCCC2)cc1. The molecule has 0 atom stereocenters. The highest BCUT2D eigenvalue weighted by atomic mass is 32.2. The summed E-state index contributed by atoms with van der Waals surface area (Å²) < 4.78 is 0. The minimum atomic E-state index is 0.226. The van der Waals surface area contributed by atoms with Crippen LogP contribution in [0.25, 0.3) is 0 Å². The summed E-state index contributed by atoms with van der Waals surface area (Å²) in [7, 11) is 0. The lowest BCUT2D eigenvalue weighted by molar-refractivity contribution is 0.0988. The first-order valence-electron chi connectivity index (χ1n) is 6.78. The van der Waals surface area contributed by atoms with Crippen LogP contribution in [0, 0.1) is 0 Å². The molecule has 2 rings (SSSR count). The van der Waals surface area contributed by atoms with Gasteiger partial charge in [-0.3, -0.25) is 4.79 Å². The fourth-order valence-electron chi connectivity index (χ4n) is 2.24. The minimum absolute atomic E-state index is 0.226. The van der Waals surface area contributed by atoms with Crippen LogP contribution in [0.2, 0.25) is 0 Å². The Bertz CT molecular complexity index is 382. The molecule has 18 heavy (non-hydrogen) atoms. The van der Waals surface area contributed by atoms with E-state index in [0.29, 0.717) is 6.42 Å². The molecule has 0 amide bonds.